The number of fused-ring (bicyclic) bond motifs is 1. The number of anilines is 1. The van der Waals surface area contributed by atoms with Crippen LogP contribution in [-0.2, 0) is 9.59 Å². The molecule has 0 bridgehead atoms. The van der Waals surface area contributed by atoms with Gasteiger partial charge in [-0.2, -0.15) is 11.8 Å². The Hall–Kier alpha value is -1.69. The maximum absolute atomic E-state index is 11.7. The molecule has 0 saturated heterocycles. The number of carbonyl (C=O) groups excluding carboxylic acids is 2. The van der Waals surface area contributed by atoms with Crippen molar-refractivity contribution in [2.45, 2.75) is 19.4 Å². The molecule has 0 aliphatic carbocycles. The minimum atomic E-state index is -0.161. The summed E-state index contributed by atoms with van der Waals surface area (Å²) < 4.78 is 5.30. The van der Waals surface area contributed by atoms with E-state index in [-0.39, 0.29) is 24.5 Å². The SMILES string of the molecule is CSCCC(=O)N[C@H](C)c1ccc2c(c1)NC(=O)CO2. The molecular weight excluding hydrogens is 276 g/mol. The van der Waals surface area contributed by atoms with Gasteiger partial charge in [0.2, 0.25) is 5.91 Å². The van der Waals surface area contributed by atoms with Crippen molar-refractivity contribution >= 4 is 29.3 Å². The molecule has 0 aromatic heterocycles. The summed E-state index contributed by atoms with van der Waals surface area (Å²) in [5, 5.41) is 5.71. The highest BCUT2D eigenvalue weighted by molar-refractivity contribution is 7.98. The normalized spacial score (nSPS) is 14.8. The van der Waals surface area contributed by atoms with Gasteiger partial charge in [-0.15, -0.1) is 0 Å². The second-order valence-electron chi connectivity index (χ2n) is 4.62. The second kappa shape index (κ2) is 6.65. The van der Waals surface area contributed by atoms with Crippen LogP contribution in [0, 0.1) is 0 Å². The van der Waals surface area contributed by atoms with E-state index in [0.29, 0.717) is 17.9 Å². The molecule has 1 aromatic rings. The number of benzene rings is 1. The quantitative estimate of drug-likeness (QED) is 0.871. The van der Waals surface area contributed by atoms with Crippen LogP contribution in [0.1, 0.15) is 24.9 Å². The Kier molecular flexibility index (Phi) is 4.89. The van der Waals surface area contributed by atoms with Crippen molar-refractivity contribution in [1.29, 1.82) is 0 Å². The van der Waals surface area contributed by atoms with Crippen LogP contribution in [0.2, 0.25) is 0 Å². The molecule has 6 heteroatoms. The minimum Gasteiger partial charge on any atom is -0.482 e. The topological polar surface area (TPSA) is 67.4 Å². The monoisotopic (exact) mass is 294 g/mol. The molecule has 1 heterocycles. The van der Waals surface area contributed by atoms with Crippen molar-refractivity contribution in [2.24, 2.45) is 0 Å². The number of hydrogen-bond acceptors (Lipinski definition) is 4. The maximum Gasteiger partial charge on any atom is 0.262 e. The largest absolute Gasteiger partial charge is 0.482 e. The Balaban J connectivity index is 2.03. The Morgan fingerprint density at radius 3 is 3.10 bits per heavy atom. The molecule has 0 unspecified atom stereocenters. The third-order valence-electron chi connectivity index (χ3n) is 3.05. The summed E-state index contributed by atoms with van der Waals surface area (Å²) >= 11 is 1.65. The number of amides is 2. The van der Waals surface area contributed by atoms with Gasteiger partial charge in [-0.1, -0.05) is 6.07 Å². The van der Waals surface area contributed by atoms with Crippen LogP contribution in [0.3, 0.4) is 0 Å². The van der Waals surface area contributed by atoms with Gasteiger partial charge in [0, 0.05) is 12.2 Å². The molecule has 0 saturated carbocycles. The van der Waals surface area contributed by atoms with Crippen molar-refractivity contribution in [3.63, 3.8) is 0 Å². The smallest absolute Gasteiger partial charge is 0.262 e. The molecule has 2 rings (SSSR count). The number of nitrogens with one attached hydrogen (secondary N) is 2. The van der Waals surface area contributed by atoms with E-state index >= 15 is 0 Å². The van der Waals surface area contributed by atoms with Crippen LogP contribution in [0.5, 0.6) is 5.75 Å². The first kappa shape index (κ1) is 14.7. The van der Waals surface area contributed by atoms with Gasteiger partial charge < -0.3 is 15.4 Å². The fourth-order valence-corrected chi connectivity index (χ4v) is 2.35. The van der Waals surface area contributed by atoms with Gasteiger partial charge in [0.1, 0.15) is 5.75 Å². The minimum absolute atomic E-state index is 0.0323. The van der Waals surface area contributed by atoms with E-state index < -0.39 is 0 Å². The average molecular weight is 294 g/mol. The highest BCUT2D eigenvalue weighted by Gasteiger charge is 2.18. The van der Waals surface area contributed by atoms with Crippen molar-refractivity contribution in [3.8, 4) is 5.75 Å². The summed E-state index contributed by atoms with van der Waals surface area (Å²) in [5.41, 5.74) is 1.59. The fraction of sp³-hybridized carbons (Fsp3) is 0.429. The summed E-state index contributed by atoms with van der Waals surface area (Å²) in [5.74, 6) is 1.34. The van der Waals surface area contributed by atoms with Gasteiger partial charge in [-0.3, -0.25) is 9.59 Å². The van der Waals surface area contributed by atoms with E-state index in [1.807, 2.05) is 31.4 Å². The average Bonchev–Trinajstić information content (AvgIpc) is 2.44. The number of ether oxygens (including phenoxy) is 1. The van der Waals surface area contributed by atoms with Crippen molar-refractivity contribution < 1.29 is 14.3 Å². The zero-order chi connectivity index (χ0) is 14.5. The van der Waals surface area contributed by atoms with E-state index in [0.717, 1.165) is 11.3 Å². The summed E-state index contributed by atoms with van der Waals surface area (Å²) in [7, 11) is 0. The first-order chi connectivity index (χ1) is 9.60. The van der Waals surface area contributed by atoms with E-state index in [1.54, 1.807) is 11.8 Å². The van der Waals surface area contributed by atoms with Gasteiger partial charge in [-0.25, -0.2) is 0 Å². The lowest BCUT2D eigenvalue weighted by Gasteiger charge is -2.21. The molecule has 1 aromatic carbocycles. The lowest BCUT2D eigenvalue weighted by Crippen LogP contribution is -2.28. The first-order valence-corrected chi connectivity index (χ1v) is 7.84. The molecule has 0 radical (unpaired) electrons. The number of thioether (sulfide) groups is 1. The van der Waals surface area contributed by atoms with Crippen LogP contribution in [0.15, 0.2) is 18.2 Å². The molecule has 2 amide bonds. The lowest BCUT2D eigenvalue weighted by molar-refractivity contribution is -0.121. The molecule has 0 spiro atoms. The van der Waals surface area contributed by atoms with Crippen molar-refractivity contribution in [3.05, 3.63) is 23.8 Å². The van der Waals surface area contributed by atoms with Crippen LogP contribution in [0.4, 0.5) is 5.69 Å². The summed E-state index contributed by atoms with van der Waals surface area (Å²) in [6.07, 6.45) is 2.49. The third kappa shape index (κ3) is 3.66. The van der Waals surface area contributed by atoms with E-state index in [9.17, 15) is 9.59 Å². The Bertz CT molecular complexity index is 519. The highest BCUT2D eigenvalue weighted by Crippen LogP contribution is 2.30. The first-order valence-electron chi connectivity index (χ1n) is 6.45. The van der Waals surface area contributed by atoms with E-state index in [1.165, 1.54) is 0 Å². The standard InChI is InChI=1S/C14H18N2O3S/c1-9(15-13(17)5-6-20-2)10-3-4-12-11(7-10)16-14(18)8-19-12/h3-4,7,9H,5-6,8H2,1-2H3,(H,15,17)(H,16,18)/t9-/m1/s1. The van der Waals surface area contributed by atoms with Crippen LogP contribution in [0.25, 0.3) is 0 Å². The van der Waals surface area contributed by atoms with Crippen molar-refractivity contribution in [2.75, 3.05) is 23.9 Å². The molecule has 0 fully saturated rings. The van der Waals surface area contributed by atoms with Gasteiger partial charge >= 0.3 is 0 Å². The highest BCUT2D eigenvalue weighted by atomic mass is 32.2. The molecule has 20 heavy (non-hydrogen) atoms. The van der Waals surface area contributed by atoms with Gasteiger partial charge in [0.25, 0.3) is 5.91 Å². The second-order valence-corrected chi connectivity index (χ2v) is 5.61. The lowest BCUT2D eigenvalue weighted by atomic mass is 10.1. The fourth-order valence-electron chi connectivity index (χ4n) is 1.96. The molecule has 108 valence electrons. The molecule has 1 aliphatic heterocycles. The van der Waals surface area contributed by atoms with Crippen LogP contribution >= 0.6 is 11.8 Å². The molecule has 1 aliphatic rings. The predicted molar refractivity (Wildman–Crippen MR) is 80.1 cm³/mol. The van der Waals surface area contributed by atoms with Crippen molar-refractivity contribution in [1.82, 2.24) is 5.32 Å². The maximum atomic E-state index is 11.7. The molecule has 5 nitrogen and oxygen atoms in total. The van der Waals surface area contributed by atoms with Gasteiger partial charge in [0.15, 0.2) is 6.61 Å². The Labute approximate surface area is 122 Å². The van der Waals surface area contributed by atoms with Crippen LogP contribution in [-0.4, -0.2) is 30.4 Å². The van der Waals surface area contributed by atoms with Crippen LogP contribution < -0.4 is 15.4 Å². The summed E-state index contributed by atoms with van der Waals surface area (Å²) in [6, 6.07) is 5.45. The number of hydrogen-bond donors (Lipinski definition) is 2. The zero-order valence-electron chi connectivity index (χ0n) is 11.6. The third-order valence-corrected chi connectivity index (χ3v) is 3.66. The van der Waals surface area contributed by atoms with E-state index in [4.69, 9.17) is 4.74 Å². The van der Waals surface area contributed by atoms with E-state index in [2.05, 4.69) is 10.6 Å². The number of carbonyl (C=O) groups is 2. The Morgan fingerprint density at radius 2 is 2.35 bits per heavy atom. The summed E-state index contributed by atoms with van der Waals surface area (Å²) in [4.78, 5) is 23.0. The number of rotatable bonds is 5. The molecule has 2 N–H and O–H groups in total. The molecular formula is C14H18N2O3S. The molecule has 1 atom stereocenters. The summed E-state index contributed by atoms with van der Waals surface area (Å²) in [6.45, 7) is 1.97. The van der Waals surface area contributed by atoms with Gasteiger partial charge in [0.05, 0.1) is 11.7 Å². The zero-order valence-corrected chi connectivity index (χ0v) is 12.4. The predicted octanol–water partition coefficient (Wildman–Crippen LogP) is 1.95. The Morgan fingerprint density at radius 1 is 1.55 bits per heavy atom. The van der Waals surface area contributed by atoms with Gasteiger partial charge in [-0.05, 0) is 30.9 Å².